The Hall–Kier alpha value is -2.62. The summed E-state index contributed by atoms with van der Waals surface area (Å²) in [5.41, 5.74) is 1.69. The summed E-state index contributed by atoms with van der Waals surface area (Å²) in [6, 6.07) is 13.1. The Morgan fingerprint density at radius 3 is 2.80 bits per heavy atom. The number of carbonyl (C=O) groups is 1. The number of aromatic nitrogens is 1. The first-order valence-electron chi connectivity index (χ1n) is 6.28. The number of benzene rings is 1. The van der Waals surface area contributed by atoms with Crippen molar-refractivity contribution < 1.29 is 9.53 Å². The van der Waals surface area contributed by atoms with E-state index in [-0.39, 0.29) is 5.91 Å². The fourth-order valence-corrected chi connectivity index (χ4v) is 1.71. The van der Waals surface area contributed by atoms with Gasteiger partial charge in [-0.2, -0.15) is 0 Å². The lowest BCUT2D eigenvalue weighted by Gasteiger charge is -2.04. The van der Waals surface area contributed by atoms with Gasteiger partial charge in [0.2, 0.25) is 5.91 Å². The lowest BCUT2D eigenvalue weighted by atomic mass is 10.2. The molecule has 0 aliphatic heterocycles. The minimum atomic E-state index is -0.165. The monoisotopic (exact) mass is 268 g/mol. The number of nitrogens with zero attached hydrogens (tertiary/aromatic N) is 1. The molecule has 2 aromatic rings. The number of ether oxygens (including phenoxy) is 1. The van der Waals surface area contributed by atoms with E-state index in [1.165, 1.54) is 6.08 Å². The van der Waals surface area contributed by atoms with Crippen LogP contribution in [-0.4, -0.2) is 18.0 Å². The second-order valence-electron chi connectivity index (χ2n) is 4.11. The zero-order chi connectivity index (χ0) is 14.2. The number of rotatable bonds is 5. The molecule has 0 radical (unpaired) electrons. The molecular formula is C16H16N2O2. The molecular weight excluding hydrogens is 252 g/mol. The molecule has 1 amide bonds. The predicted octanol–water partition coefficient (Wildman–Crippen LogP) is 2.42. The van der Waals surface area contributed by atoms with Crippen LogP contribution in [0.4, 0.5) is 0 Å². The van der Waals surface area contributed by atoms with E-state index in [0.29, 0.717) is 6.54 Å². The maximum absolute atomic E-state index is 11.7. The van der Waals surface area contributed by atoms with Gasteiger partial charge in [-0.05, 0) is 24.3 Å². The van der Waals surface area contributed by atoms with E-state index in [2.05, 4.69) is 10.3 Å². The lowest BCUT2D eigenvalue weighted by Crippen LogP contribution is -2.20. The molecule has 2 rings (SSSR count). The highest BCUT2D eigenvalue weighted by atomic mass is 16.5. The molecule has 0 aliphatic carbocycles. The van der Waals surface area contributed by atoms with Crippen molar-refractivity contribution in [2.24, 2.45) is 0 Å². The molecule has 0 unspecified atom stereocenters. The molecule has 4 nitrogen and oxygen atoms in total. The molecule has 0 bridgehead atoms. The molecule has 1 heterocycles. The summed E-state index contributed by atoms with van der Waals surface area (Å²) in [5.74, 6) is 0.572. The zero-order valence-corrected chi connectivity index (χ0v) is 11.2. The number of hydrogen-bond acceptors (Lipinski definition) is 3. The zero-order valence-electron chi connectivity index (χ0n) is 11.2. The van der Waals surface area contributed by atoms with Crippen LogP contribution in [0.15, 0.2) is 54.7 Å². The second kappa shape index (κ2) is 7.09. The van der Waals surface area contributed by atoms with Crippen LogP contribution in [0.3, 0.4) is 0 Å². The van der Waals surface area contributed by atoms with Gasteiger partial charge in [0.15, 0.2) is 0 Å². The Morgan fingerprint density at radius 2 is 2.05 bits per heavy atom. The van der Waals surface area contributed by atoms with Crippen molar-refractivity contribution in [2.75, 3.05) is 7.11 Å². The number of nitrogens with one attached hydrogen (secondary N) is 1. The fourth-order valence-electron chi connectivity index (χ4n) is 1.71. The van der Waals surface area contributed by atoms with Gasteiger partial charge in [0.1, 0.15) is 5.75 Å². The van der Waals surface area contributed by atoms with Crippen molar-refractivity contribution in [3.8, 4) is 5.75 Å². The lowest BCUT2D eigenvalue weighted by molar-refractivity contribution is -0.116. The number of carbonyl (C=O) groups excluding carboxylic acids is 1. The molecule has 20 heavy (non-hydrogen) atoms. The quantitative estimate of drug-likeness (QED) is 0.847. The second-order valence-corrected chi connectivity index (χ2v) is 4.11. The maximum Gasteiger partial charge on any atom is 0.244 e. The van der Waals surface area contributed by atoms with Crippen LogP contribution in [0.1, 0.15) is 11.3 Å². The van der Waals surface area contributed by atoms with Crippen LogP contribution in [0.25, 0.3) is 6.08 Å². The van der Waals surface area contributed by atoms with Crippen molar-refractivity contribution in [3.63, 3.8) is 0 Å². The fraction of sp³-hybridized carbons (Fsp3) is 0.125. The van der Waals surface area contributed by atoms with E-state index in [0.717, 1.165) is 17.0 Å². The van der Waals surface area contributed by atoms with E-state index in [4.69, 9.17) is 4.74 Å². The summed E-state index contributed by atoms with van der Waals surface area (Å²) < 4.78 is 5.21. The molecule has 0 atom stereocenters. The van der Waals surface area contributed by atoms with E-state index in [1.54, 1.807) is 19.4 Å². The minimum Gasteiger partial charge on any atom is -0.496 e. The molecule has 1 aromatic carbocycles. The van der Waals surface area contributed by atoms with Gasteiger partial charge in [-0.15, -0.1) is 0 Å². The van der Waals surface area contributed by atoms with E-state index < -0.39 is 0 Å². The van der Waals surface area contributed by atoms with Gasteiger partial charge in [0.05, 0.1) is 19.3 Å². The summed E-state index contributed by atoms with van der Waals surface area (Å²) in [4.78, 5) is 15.9. The molecule has 0 spiro atoms. The van der Waals surface area contributed by atoms with Gasteiger partial charge in [-0.3, -0.25) is 9.78 Å². The smallest absolute Gasteiger partial charge is 0.244 e. The Labute approximate surface area is 118 Å². The summed E-state index contributed by atoms with van der Waals surface area (Å²) in [6.45, 7) is 0.413. The number of para-hydroxylation sites is 1. The minimum absolute atomic E-state index is 0.165. The average Bonchev–Trinajstić information content (AvgIpc) is 2.52. The van der Waals surface area contributed by atoms with E-state index in [1.807, 2.05) is 42.5 Å². The van der Waals surface area contributed by atoms with Crippen molar-refractivity contribution in [1.82, 2.24) is 10.3 Å². The van der Waals surface area contributed by atoms with Crippen LogP contribution in [0.5, 0.6) is 5.75 Å². The first-order chi connectivity index (χ1) is 9.79. The third-order valence-corrected chi connectivity index (χ3v) is 2.72. The topological polar surface area (TPSA) is 51.2 Å². The number of hydrogen-bond donors (Lipinski definition) is 1. The summed E-state index contributed by atoms with van der Waals surface area (Å²) in [5, 5.41) is 2.78. The summed E-state index contributed by atoms with van der Waals surface area (Å²) >= 11 is 0. The Bertz CT molecular complexity index is 594. The van der Waals surface area contributed by atoms with E-state index in [9.17, 15) is 4.79 Å². The van der Waals surface area contributed by atoms with Gasteiger partial charge >= 0.3 is 0 Å². The number of pyridine rings is 1. The molecule has 1 N–H and O–H groups in total. The predicted molar refractivity (Wildman–Crippen MR) is 78.1 cm³/mol. The van der Waals surface area contributed by atoms with E-state index >= 15 is 0 Å². The normalized spacial score (nSPS) is 10.4. The largest absolute Gasteiger partial charge is 0.496 e. The molecule has 1 aromatic heterocycles. The van der Waals surface area contributed by atoms with Gasteiger partial charge in [-0.25, -0.2) is 0 Å². The van der Waals surface area contributed by atoms with Crippen LogP contribution < -0.4 is 10.1 Å². The highest BCUT2D eigenvalue weighted by Crippen LogP contribution is 2.18. The van der Waals surface area contributed by atoms with Crippen LogP contribution in [0, 0.1) is 0 Å². The molecule has 0 aliphatic rings. The first kappa shape index (κ1) is 13.8. The molecule has 0 saturated heterocycles. The Balaban J connectivity index is 1.92. The van der Waals surface area contributed by atoms with Crippen LogP contribution in [-0.2, 0) is 11.3 Å². The molecule has 4 heteroatoms. The third-order valence-electron chi connectivity index (χ3n) is 2.72. The maximum atomic E-state index is 11.7. The van der Waals surface area contributed by atoms with Crippen LogP contribution in [0.2, 0.25) is 0 Å². The van der Waals surface area contributed by atoms with Crippen molar-refractivity contribution in [2.45, 2.75) is 6.54 Å². The van der Waals surface area contributed by atoms with Crippen molar-refractivity contribution in [3.05, 3.63) is 66.0 Å². The van der Waals surface area contributed by atoms with Gasteiger partial charge in [-0.1, -0.05) is 24.3 Å². The van der Waals surface area contributed by atoms with Crippen molar-refractivity contribution >= 4 is 12.0 Å². The average molecular weight is 268 g/mol. The first-order valence-corrected chi connectivity index (χ1v) is 6.28. The molecule has 0 fully saturated rings. The standard InChI is InChI=1S/C16H16N2O2/c1-20-15-8-3-2-6-13(15)9-10-16(19)18-12-14-7-4-5-11-17-14/h2-11H,12H2,1H3,(H,18,19)/b10-9+. The van der Waals surface area contributed by atoms with Crippen LogP contribution >= 0.6 is 0 Å². The van der Waals surface area contributed by atoms with Gasteiger partial charge in [0.25, 0.3) is 0 Å². The Morgan fingerprint density at radius 1 is 1.25 bits per heavy atom. The SMILES string of the molecule is COc1ccccc1/C=C/C(=O)NCc1ccccn1. The summed E-state index contributed by atoms with van der Waals surface area (Å²) in [6.07, 6.45) is 4.92. The third kappa shape index (κ3) is 3.95. The van der Waals surface area contributed by atoms with Crippen molar-refractivity contribution in [1.29, 1.82) is 0 Å². The highest BCUT2D eigenvalue weighted by molar-refractivity contribution is 5.92. The number of methoxy groups -OCH3 is 1. The molecule has 102 valence electrons. The number of amides is 1. The molecule has 0 saturated carbocycles. The Kier molecular flexibility index (Phi) is 4.89. The van der Waals surface area contributed by atoms with Gasteiger partial charge in [0, 0.05) is 17.8 Å². The van der Waals surface area contributed by atoms with Gasteiger partial charge < -0.3 is 10.1 Å². The summed E-state index contributed by atoms with van der Waals surface area (Å²) in [7, 11) is 1.60. The highest BCUT2D eigenvalue weighted by Gasteiger charge is 2.00.